The van der Waals surface area contributed by atoms with Gasteiger partial charge in [-0.2, -0.15) is 0 Å². The van der Waals surface area contributed by atoms with Crippen molar-refractivity contribution in [1.29, 1.82) is 0 Å². The van der Waals surface area contributed by atoms with Gasteiger partial charge in [0.15, 0.2) is 0 Å². The van der Waals surface area contributed by atoms with Crippen LogP contribution in [0.2, 0.25) is 15.1 Å². The lowest BCUT2D eigenvalue weighted by molar-refractivity contribution is 0.102. The van der Waals surface area contributed by atoms with Crippen molar-refractivity contribution in [2.24, 2.45) is 0 Å². The molecule has 0 saturated carbocycles. The number of aromatic nitrogens is 4. The summed E-state index contributed by atoms with van der Waals surface area (Å²) in [6.07, 6.45) is 1.45. The normalized spacial score (nSPS) is 10.6. The summed E-state index contributed by atoms with van der Waals surface area (Å²) in [5, 5.41) is 14.3. The minimum absolute atomic E-state index is 0.144. The third-order valence-electron chi connectivity index (χ3n) is 2.96. The molecule has 3 aromatic rings. The van der Waals surface area contributed by atoms with Crippen molar-refractivity contribution in [2.45, 2.75) is 0 Å². The predicted molar refractivity (Wildman–Crippen MR) is 88.6 cm³/mol. The Hall–Kier alpha value is -2.15. The van der Waals surface area contributed by atoms with Crippen molar-refractivity contribution in [2.75, 3.05) is 5.32 Å². The highest BCUT2D eigenvalue weighted by Crippen LogP contribution is 2.30. The molecule has 0 fully saturated rings. The summed E-state index contributed by atoms with van der Waals surface area (Å²) in [7, 11) is 0. The third-order valence-corrected chi connectivity index (χ3v) is 3.98. The number of halogens is 3. The van der Waals surface area contributed by atoms with Gasteiger partial charge in [-0.25, -0.2) is 4.68 Å². The Morgan fingerprint density at radius 2 is 1.96 bits per heavy atom. The first kappa shape index (κ1) is 15.7. The van der Waals surface area contributed by atoms with Crippen molar-refractivity contribution in [1.82, 2.24) is 20.2 Å². The SMILES string of the molecule is O=C(Nc1cccc(-n2cnnn2)c1)c1cc(Cl)cc(Cl)c1Cl. The van der Waals surface area contributed by atoms with E-state index in [1.54, 1.807) is 24.3 Å². The van der Waals surface area contributed by atoms with Crippen molar-refractivity contribution in [3.05, 3.63) is 63.4 Å². The number of amides is 1. The summed E-state index contributed by atoms with van der Waals surface area (Å²) in [5.41, 5.74) is 1.44. The number of carbonyl (C=O) groups is 1. The predicted octanol–water partition coefficient (Wildman–Crippen LogP) is 3.87. The molecular weight excluding hydrogens is 361 g/mol. The summed E-state index contributed by atoms with van der Waals surface area (Å²) in [5.74, 6) is -0.423. The van der Waals surface area contributed by atoms with E-state index in [4.69, 9.17) is 34.8 Å². The van der Waals surface area contributed by atoms with E-state index >= 15 is 0 Å². The molecule has 1 heterocycles. The van der Waals surface area contributed by atoms with Crippen LogP contribution >= 0.6 is 34.8 Å². The number of anilines is 1. The molecule has 1 aromatic heterocycles. The minimum atomic E-state index is -0.423. The van der Waals surface area contributed by atoms with Crippen LogP contribution in [0.5, 0.6) is 0 Å². The highest BCUT2D eigenvalue weighted by molar-refractivity contribution is 6.45. The van der Waals surface area contributed by atoms with Gasteiger partial charge < -0.3 is 5.32 Å². The topological polar surface area (TPSA) is 72.7 Å². The number of hydrogen-bond acceptors (Lipinski definition) is 4. The number of nitrogens with zero attached hydrogens (tertiary/aromatic N) is 4. The van der Waals surface area contributed by atoms with Crippen LogP contribution in [0.25, 0.3) is 5.69 Å². The Morgan fingerprint density at radius 3 is 2.70 bits per heavy atom. The van der Waals surface area contributed by atoms with E-state index in [0.29, 0.717) is 16.4 Å². The van der Waals surface area contributed by atoms with Gasteiger partial charge in [0.1, 0.15) is 6.33 Å². The quantitative estimate of drug-likeness (QED) is 0.712. The molecule has 0 atom stereocenters. The van der Waals surface area contributed by atoms with Gasteiger partial charge in [0.05, 0.1) is 21.3 Å². The molecule has 3 rings (SSSR count). The molecule has 0 radical (unpaired) electrons. The van der Waals surface area contributed by atoms with E-state index in [9.17, 15) is 4.79 Å². The molecule has 0 saturated heterocycles. The molecule has 0 aliphatic heterocycles. The molecule has 9 heteroatoms. The summed E-state index contributed by atoms with van der Waals surface area (Å²) in [4.78, 5) is 12.4. The number of carbonyl (C=O) groups excluding carboxylic acids is 1. The summed E-state index contributed by atoms with van der Waals surface area (Å²) >= 11 is 17.9. The number of nitrogens with one attached hydrogen (secondary N) is 1. The fourth-order valence-corrected chi connectivity index (χ4v) is 2.61. The van der Waals surface area contributed by atoms with Gasteiger partial charge in [-0.15, -0.1) is 5.10 Å². The number of rotatable bonds is 3. The zero-order valence-electron chi connectivity index (χ0n) is 11.4. The van der Waals surface area contributed by atoms with E-state index in [-0.39, 0.29) is 15.6 Å². The van der Waals surface area contributed by atoms with Crippen LogP contribution in [-0.2, 0) is 0 Å². The lowest BCUT2D eigenvalue weighted by Gasteiger charge is -2.09. The molecule has 0 spiro atoms. The summed E-state index contributed by atoms with van der Waals surface area (Å²) < 4.78 is 1.47. The maximum atomic E-state index is 12.4. The number of hydrogen-bond donors (Lipinski definition) is 1. The van der Waals surface area contributed by atoms with E-state index in [2.05, 4.69) is 20.8 Å². The van der Waals surface area contributed by atoms with E-state index < -0.39 is 5.91 Å². The fraction of sp³-hybridized carbons (Fsp3) is 0. The standard InChI is InChI=1S/C14H8Cl3N5O/c15-8-4-11(13(17)12(16)5-8)14(23)19-9-2-1-3-10(6-9)22-7-18-20-21-22/h1-7H,(H,19,23). The molecule has 0 aliphatic rings. The second-order valence-electron chi connectivity index (χ2n) is 4.51. The van der Waals surface area contributed by atoms with Crippen LogP contribution < -0.4 is 5.32 Å². The average Bonchev–Trinajstić information content (AvgIpc) is 3.05. The number of benzene rings is 2. The highest BCUT2D eigenvalue weighted by atomic mass is 35.5. The van der Waals surface area contributed by atoms with E-state index in [1.165, 1.54) is 23.1 Å². The minimum Gasteiger partial charge on any atom is -0.322 e. The Kier molecular flexibility index (Phi) is 4.47. The molecule has 6 nitrogen and oxygen atoms in total. The first-order chi connectivity index (χ1) is 11.0. The van der Waals surface area contributed by atoms with Crippen LogP contribution in [0.15, 0.2) is 42.7 Å². The lowest BCUT2D eigenvalue weighted by atomic mass is 10.2. The van der Waals surface area contributed by atoms with Gasteiger partial charge in [0.25, 0.3) is 5.91 Å². The van der Waals surface area contributed by atoms with Crippen molar-refractivity contribution >= 4 is 46.4 Å². The first-order valence-corrected chi connectivity index (χ1v) is 7.47. The molecular formula is C14H8Cl3N5O. The maximum absolute atomic E-state index is 12.4. The molecule has 0 unspecified atom stereocenters. The smallest absolute Gasteiger partial charge is 0.257 e. The Labute approximate surface area is 146 Å². The molecule has 116 valence electrons. The monoisotopic (exact) mass is 367 g/mol. The van der Waals surface area contributed by atoms with Gasteiger partial charge in [-0.3, -0.25) is 4.79 Å². The van der Waals surface area contributed by atoms with Gasteiger partial charge >= 0.3 is 0 Å². The van der Waals surface area contributed by atoms with Crippen molar-refractivity contribution in [3.63, 3.8) is 0 Å². The average molecular weight is 369 g/mol. The number of tetrazole rings is 1. The largest absolute Gasteiger partial charge is 0.322 e. The van der Waals surface area contributed by atoms with Crippen LogP contribution in [0.1, 0.15) is 10.4 Å². The Balaban J connectivity index is 1.88. The molecule has 1 amide bonds. The van der Waals surface area contributed by atoms with Gasteiger partial charge in [0.2, 0.25) is 0 Å². The molecule has 1 N–H and O–H groups in total. The molecule has 0 aliphatic carbocycles. The third kappa shape index (κ3) is 3.44. The van der Waals surface area contributed by atoms with E-state index in [0.717, 1.165) is 0 Å². The summed E-state index contributed by atoms with van der Waals surface area (Å²) in [6.45, 7) is 0. The van der Waals surface area contributed by atoms with Gasteiger partial charge in [-0.1, -0.05) is 40.9 Å². The molecule has 23 heavy (non-hydrogen) atoms. The van der Waals surface area contributed by atoms with Gasteiger partial charge in [-0.05, 0) is 40.8 Å². The maximum Gasteiger partial charge on any atom is 0.257 e. The Bertz CT molecular complexity index is 867. The van der Waals surface area contributed by atoms with Crippen LogP contribution in [0.4, 0.5) is 5.69 Å². The zero-order valence-corrected chi connectivity index (χ0v) is 13.6. The van der Waals surface area contributed by atoms with Crippen molar-refractivity contribution < 1.29 is 4.79 Å². The highest BCUT2D eigenvalue weighted by Gasteiger charge is 2.15. The van der Waals surface area contributed by atoms with Crippen LogP contribution in [-0.4, -0.2) is 26.1 Å². The van der Waals surface area contributed by atoms with Crippen LogP contribution in [0.3, 0.4) is 0 Å². The first-order valence-electron chi connectivity index (χ1n) is 6.34. The second-order valence-corrected chi connectivity index (χ2v) is 5.73. The van der Waals surface area contributed by atoms with Gasteiger partial charge in [0, 0.05) is 10.7 Å². The summed E-state index contributed by atoms with van der Waals surface area (Å²) in [6, 6.07) is 9.94. The van der Waals surface area contributed by atoms with Crippen molar-refractivity contribution in [3.8, 4) is 5.69 Å². The molecule has 0 bridgehead atoms. The zero-order chi connectivity index (χ0) is 16.4. The lowest BCUT2D eigenvalue weighted by Crippen LogP contribution is -2.13. The molecule has 2 aromatic carbocycles. The second kappa shape index (κ2) is 6.54. The van der Waals surface area contributed by atoms with Crippen LogP contribution in [0, 0.1) is 0 Å². The van der Waals surface area contributed by atoms with E-state index in [1.807, 2.05) is 0 Å². The Morgan fingerprint density at radius 1 is 1.13 bits per heavy atom. The fourth-order valence-electron chi connectivity index (χ4n) is 1.93.